The molecular formula is C20H16O. The zero-order valence-electron chi connectivity index (χ0n) is 11.8. The number of carbonyl (C=O) groups excluding carboxylic acids is 1. The van der Waals surface area contributed by atoms with Crippen molar-refractivity contribution < 1.29 is 4.79 Å². The number of rotatable bonds is 4. The number of benzene rings is 2. The molecule has 0 atom stereocenters. The molecule has 1 heteroatoms. The third-order valence-corrected chi connectivity index (χ3v) is 2.92. The lowest BCUT2D eigenvalue weighted by molar-refractivity contribution is -0.109. The van der Waals surface area contributed by atoms with E-state index in [2.05, 4.69) is 18.4 Å². The van der Waals surface area contributed by atoms with Crippen LogP contribution in [0.4, 0.5) is 0 Å². The normalized spacial score (nSPS) is 9.90. The Kier molecular flexibility index (Phi) is 5.32. The monoisotopic (exact) mass is 272 g/mol. The van der Waals surface area contributed by atoms with Gasteiger partial charge in [-0.05, 0) is 28.7 Å². The van der Waals surface area contributed by atoms with Gasteiger partial charge in [-0.25, -0.2) is 0 Å². The molecule has 102 valence electrons. The lowest BCUT2D eigenvalue weighted by atomic mass is 10.1. The van der Waals surface area contributed by atoms with E-state index < -0.39 is 0 Å². The maximum atomic E-state index is 11.6. The van der Waals surface area contributed by atoms with E-state index in [4.69, 9.17) is 0 Å². The van der Waals surface area contributed by atoms with E-state index in [0.717, 1.165) is 16.7 Å². The molecule has 0 aromatic heterocycles. The molecule has 0 aliphatic carbocycles. The molecule has 1 nitrogen and oxygen atoms in total. The zero-order chi connectivity index (χ0) is 14.9. The summed E-state index contributed by atoms with van der Waals surface area (Å²) in [5.41, 5.74) is 2.96. The van der Waals surface area contributed by atoms with E-state index in [-0.39, 0.29) is 5.78 Å². The predicted molar refractivity (Wildman–Crippen MR) is 88.4 cm³/mol. The van der Waals surface area contributed by atoms with Crippen LogP contribution < -0.4 is 0 Å². The van der Waals surface area contributed by atoms with Crippen molar-refractivity contribution in [1.82, 2.24) is 0 Å². The first kappa shape index (κ1) is 14.6. The molecule has 2 aromatic rings. The summed E-state index contributed by atoms with van der Waals surface area (Å²) in [7, 11) is 0. The molecule has 0 N–H and O–H groups in total. The molecule has 0 saturated carbocycles. The predicted octanol–water partition coefficient (Wildman–Crippen LogP) is 4.38. The molecule has 0 bridgehead atoms. The first-order valence-corrected chi connectivity index (χ1v) is 6.75. The Bertz CT molecular complexity index is 698. The van der Waals surface area contributed by atoms with Gasteiger partial charge in [0.1, 0.15) is 0 Å². The van der Waals surface area contributed by atoms with Gasteiger partial charge >= 0.3 is 0 Å². The number of carbonyl (C=O) groups is 1. The minimum absolute atomic E-state index is 0.195. The fraction of sp³-hybridized carbons (Fsp3) is 0.0500. The Balaban J connectivity index is 1.89. The topological polar surface area (TPSA) is 17.1 Å². The lowest BCUT2D eigenvalue weighted by Gasteiger charge is -1.99. The molecule has 0 amide bonds. The molecule has 0 unspecified atom stereocenters. The van der Waals surface area contributed by atoms with Crippen LogP contribution in [-0.4, -0.2) is 5.78 Å². The first-order valence-electron chi connectivity index (χ1n) is 6.75. The van der Waals surface area contributed by atoms with Gasteiger partial charge in [0.2, 0.25) is 5.78 Å². The van der Waals surface area contributed by atoms with Crippen molar-refractivity contribution in [2.75, 3.05) is 0 Å². The SMILES string of the molecule is C=C(CC#CC(=O)/C=C/c1ccccc1)c1ccccc1. The summed E-state index contributed by atoms with van der Waals surface area (Å²) in [6, 6.07) is 19.5. The van der Waals surface area contributed by atoms with Gasteiger partial charge in [-0.1, -0.05) is 79.2 Å². The summed E-state index contributed by atoms with van der Waals surface area (Å²) in [6.45, 7) is 3.98. The third kappa shape index (κ3) is 4.97. The Morgan fingerprint density at radius 1 is 1.00 bits per heavy atom. The average Bonchev–Trinajstić information content (AvgIpc) is 2.54. The van der Waals surface area contributed by atoms with Gasteiger partial charge in [0.15, 0.2) is 0 Å². The van der Waals surface area contributed by atoms with Crippen LogP contribution in [-0.2, 0) is 4.79 Å². The third-order valence-electron chi connectivity index (χ3n) is 2.92. The van der Waals surface area contributed by atoms with E-state index in [1.54, 1.807) is 6.08 Å². The van der Waals surface area contributed by atoms with Crippen LogP contribution in [0.1, 0.15) is 17.5 Å². The smallest absolute Gasteiger partial charge is 0.228 e. The van der Waals surface area contributed by atoms with Crippen LogP contribution in [0.15, 0.2) is 73.3 Å². The van der Waals surface area contributed by atoms with Crippen molar-refractivity contribution in [3.63, 3.8) is 0 Å². The first-order chi connectivity index (χ1) is 10.3. The van der Waals surface area contributed by atoms with Crippen LogP contribution in [0.5, 0.6) is 0 Å². The number of ketones is 1. The van der Waals surface area contributed by atoms with Crippen molar-refractivity contribution in [2.24, 2.45) is 0 Å². The van der Waals surface area contributed by atoms with Gasteiger partial charge in [-0.15, -0.1) is 0 Å². The van der Waals surface area contributed by atoms with Crippen LogP contribution in [0.3, 0.4) is 0 Å². The summed E-state index contributed by atoms with van der Waals surface area (Å²) >= 11 is 0. The molecule has 0 aliphatic heterocycles. The highest BCUT2D eigenvalue weighted by Crippen LogP contribution is 2.14. The quantitative estimate of drug-likeness (QED) is 0.459. The number of allylic oxidation sites excluding steroid dienone is 2. The van der Waals surface area contributed by atoms with E-state index >= 15 is 0 Å². The van der Waals surface area contributed by atoms with E-state index in [9.17, 15) is 4.79 Å². The Labute approximate surface area is 125 Å². The maximum absolute atomic E-state index is 11.6. The minimum atomic E-state index is -0.195. The second-order valence-electron chi connectivity index (χ2n) is 4.56. The van der Waals surface area contributed by atoms with E-state index in [1.807, 2.05) is 60.7 Å². The van der Waals surface area contributed by atoms with Crippen LogP contribution in [0.2, 0.25) is 0 Å². The molecule has 21 heavy (non-hydrogen) atoms. The minimum Gasteiger partial charge on any atom is -0.280 e. The molecule has 0 aliphatic rings. The Hall–Kier alpha value is -2.85. The van der Waals surface area contributed by atoms with Gasteiger partial charge in [0.25, 0.3) is 0 Å². The zero-order valence-corrected chi connectivity index (χ0v) is 11.8. The second kappa shape index (κ2) is 7.67. The highest BCUT2D eigenvalue weighted by Gasteiger charge is 1.95. The fourth-order valence-corrected chi connectivity index (χ4v) is 1.79. The molecule has 0 radical (unpaired) electrons. The number of hydrogen-bond acceptors (Lipinski definition) is 1. The molecule has 0 heterocycles. The molecule has 0 spiro atoms. The largest absolute Gasteiger partial charge is 0.280 e. The fourth-order valence-electron chi connectivity index (χ4n) is 1.79. The number of hydrogen-bond donors (Lipinski definition) is 0. The summed E-state index contributed by atoms with van der Waals surface area (Å²) in [5.74, 6) is 5.29. The highest BCUT2D eigenvalue weighted by atomic mass is 16.1. The van der Waals surface area contributed by atoms with Crippen molar-refractivity contribution >= 4 is 17.4 Å². The Morgan fingerprint density at radius 3 is 2.29 bits per heavy atom. The summed E-state index contributed by atoms with van der Waals surface area (Å²) in [4.78, 5) is 11.6. The summed E-state index contributed by atoms with van der Waals surface area (Å²) < 4.78 is 0. The Morgan fingerprint density at radius 2 is 1.62 bits per heavy atom. The van der Waals surface area contributed by atoms with Crippen molar-refractivity contribution in [1.29, 1.82) is 0 Å². The van der Waals surface area contributed by atoms with Crippen molar-refractivity contribution in [3.8, 4) is 11.8 Å². The summed E-state index contributed by atoms with van der Waals surface area (Å²) in [6.07, 6.45) is 3.76. The van der Waals surface area contributed by atoms with Crippen molar-refractivity contribution in [3.05, 3.63) is 84.4 Å². The molecule has 2 aromatic carbocycles. The maximum Gasteiger partial charge on any atom is 0.228 e. The van der Waals surface area contributed by atoms with Gasteiger partial charge in [-0.3, -0.25) is 4.79 Å². The summed E-state index contributed by atoms with van der Waals surface area (Å²) in [5, 5.41) is 0. The van der Waals surface area contributed by atoms with Gasteiger partial charge < -0.3 is 0 Å². The van der Waals surface area contributed by atoms with Crippen LogP contribution in [0, 0.1) is 11.8 Å². The lowest BCUT2D eigenvalue weighted by Crippen LogP contribution is -1.86. The molecular weight excluding hydrogens is 256 g/mol. The van der Waals surface area contributed by atoms with Crippen molar-refractivity contribution in [2.45, 2.75) is 6.42 Å². The average molecular weight is 272 g/mol. The van der Waals surface area contributed by atoms with Crippen LogP contribution >= 0.6 is 0 Å². The van der Waals surface area contributed by atoms with E-state index in [0.29, 0.717) is 6.42 Å². The van der Waals surface area contributed by atoms with E-state index in [1.165, 1.54) is 6.08 Å². The standard InChI is InChI=1S/C20H16O/c1-17(19-12-6-3-7-13-19)9-8-14-20(21)16-15-18-10-4-2-5-11-18/h2-7,10-13,15-16H,1,9H2/b16-15+. The van der Waals surface area contributed by atoms with Gasteiger partial charge in [0, 0.05) is 6.42 Å². The molecule has 0 fully saturated rings. The van der Waals surface area contributed by atoms with Gasteiger partial charge in [0.05, 0.1) is 0 Å². The van der Waals surface area contributed by atoms with Crippen LogP contribution in [0.25, 0.3) is 11.6 Å². The second-order valence-corrected chi connectivity index (χ2v) is 4.56. The molecule has 2 rings (SSSR count). The highest BCUT2D eigenvalue weighted by molar-refractivity contribution is 6.06. The van der Waals surface area contributed by atoms with Gasteiger partial charge in [-0.2, -0.15) is 0 Å². The molecule has 0 saturated heterocycles.